The fourth-order valence-corrected chi connectivity index (χ4v) is 10.1. The third-order valence-electron chi connectivity index (χ3n) is 14.1. The van der Waals surface area contributed by atoms with Crippen LogP contribution in [0.1, 0.15) is 160 Å². The number of carbonyl (C=O) groups excluding carboxylic acids is 3. The molecule has 0 saturated heterocycles. The fraction of sp³-hybridized carbons (Fsp3) is 0.483. The monoisotopic (exact) mass is 924 g/mol. The first kappa shape index (κ1) is 50.0. The number of phenolic OH excluding ortho intramolecular Hbond substituents is 2. The lowest BCUT2D eigenvalue weighted by Gasteiger charge is -2.28. The van der Waals surface area contributed by atoms with E-state index in [-0.39, 0.29) is 69.0 Å². The molecule has 0 saturated carbocycles. The SMILES string of the molecule is CCN1CCc2cc(C3=C(O)/C(=c4/cc5c(cc4NC(=O)CCc4cc(C(C)(C)C)c(O)c(C(C)(C)C)c4)=[N+](CC)CC5)C3=O)c(NC(=O)CCc3cc(C(C)(C)C)c(O)c(C(C)(C)C)c3)cc21. The van der Waals surface area contributed by atoms with Gasteiger partial charge in [0.1, 0.15) is 30.3 Å². The molecule has 5 N–H and O–H groups in total. The number of carbonyl (C=O) groups is 3. The molecule has 68 heavy (non-hydrogen) atoms. The zero-order valence-corrected chi connectivity index (χ0v) is 43.2. The van der Waals surface area contributed by atoms with Gasteiger partial charge in [0.05, 0.1) is 22.5 Å². The van der Waals surface area contributed by atoms with E-state index >= 15 is 0 Å². The number of benzene rings is 4. The number of ketones is 1. The van der Waals surface area contributed by atoms with Gasteiger partial charge in [-0.15, -0.1) is 0 Å². The minimum atomic E-state index is -0.355. The van der Waals surface area contributed by atoms with Crippen LogP contribution in [0.4, 0.5) is 17.1 Å². The van der Waals surface area contributed by atoms with Crippen LogP contribution >= 0.6 is 0 Å². The topological polar surface area (TPSA) is 142 Å². The van der Waals surface area contributed by atoms with Crippen LogP contribution < -0.4 is 30.7 Å². The van der Waals surface area contributed by atoms with Crippen molar-refractivity contribution >= 4 is 45.8 Å². The molecule has 0 atom stereocenters. The number of nitrogens with one attached hydrogen (secondary N) is 2. The molecule has 2 aliphatic heterocycles. The highest BCUT2D eigenvalue weighted by molar-refractivity contribution is 6.52. The molecule has 7 rings (SSSR count). The number of rotatable bonds is 11. The zero-order chi connectivity index (χ0) is 50.0. The smallest absolute Gasteiger partial charge is 0.224 e. The second-order valence-corrected chi connectivity index (χ2v) is 23.3. The number of fused-ring (bicyclic) bond motifs is 2. The molecule has 0 spiro atoms. The highest BCUT2D eigenvalue weighted by Gasteiger charge is 2.39. The number of aromatic hydroxyl groups is 2. The molecule has 10 nitrogen and oxygen atoms in total. The van der Waals surface area contributed by atoms with Crippen LogP contribution in [-0.4, -0.2) is 59.1 Å². The second kappa shape index (κ2) is 18.2. The summed E-state index contributed by atoms with van der Waals surface area (Å²) in [6.45, 7) is 32.2. The Bertz CT molecular complexity index is 2820. The molecule has 1 aliphatic carbocycles. The molecule has 10 heteroatoms. The third kappa shape index (κ3) is 9.83. The largest absolute Gasteiger partial charge is 0.507 e. The first-order chi connectivity index (χ1) is 31.6. The van der Waals surface area contributed by atoms with Gasteiger partial charge >= 0.3 is 0 Å². The van der Waals surface area contributed by atoms with Gasteiger partial charge in [-0.1, -0.05) is 107 Å². The van der Waals surface area contributed by atoms with Crippen molar-refractivity contribution in [2.24, 2.45) is 0 Å². The van der Waals surface area contributed by atoms with E-state index in [4.69, 9.17) is 0 Å². The molecule has 0 unspecified atom stereocenters. The van der Waals surface area contributed by atoms with Gasteiger partial charge in [0.2, 0.25) is 23.0 Å². The van der Waals surface area contributed by atoms with Gasteiger partial charge in [0.25, 0.3) is 0 Å². The van der Waals surface area contributed by atoms with Gasteiger partial charge < -0.3 is 30.9 Å². The first-order valence-corrected chi connectivity index (χ1v) is 24.6. The number of anilines is 3. The fourth-order valence-electron chi connectivity index (χ4n) is 10.1. The number of aliphatic hydroxyl groups excluding tert-OH is 1. The average molecular weight is 924 g/mol. The normalized spacial score (nSPS) is 16.0. The highest BCUT2D eigenvalue weighted by atomic mass is 16.3. The number of aliphatic hydroxyl groups is 1. The summed E-state index contributed by atoms with van der Waals surface area (Å²) in [7, 11) is 0. The Hall–Kier alpha value is -5.90. The van der Waals surface area contributed by atoms with Crippen molar-refractivity contribution in [2.45, 2.75) is 157 Å². The Morgan fingerprint density at radius 1 is 0.618 bits per heavy atom. The van der Waals surface area contributed by atoms with E-state index < -0.39 is 0 Å². The number of likely N-dealkylation sites (N-methyl/N-ethyl adjacent to an activating group) is 2. The Morgan fingerprint density at radius 3 is 1.54 bits per heavy atom. The van der Waals surface area contributed by atoms with Crippen molar-refractivity contribution in [3.63, 3.8) is 0 Å². The van der Waals surface area contributed by atoms with Crippen molar-refractivity contribution in [2.75, 3.05) is 41.7 Å². The first-order valence-electron chi connectivity index (χ1n) is 24.6. The molecular weight excluding hydrogens is 849 g/mol. The van der Waals surface area contributed by atoms with Crippen molar-refractivity contribution in [1.29, 1.82) is 0 Å². The van der Waals surface area contributed by atoms with Crippen LogP contribution in [0, 0.1) is 0 Å². The Labute approximate surface area is 403 Å². The molecule has 0 aromatic heterocycles. The van der Waals surface area contributed by atoms with Gasteiger partial charge in [-0.25, -0.2) is 4.58 Å². The molecule has 2 heterocycles. The van der Waals surface area contributed by atoms with Gasteiger partial charge in [-0.3, -0.25) is 14.4 Å². The Morgan fingerprint density at radius 2 is 1.10 bits per heavy atom. The lowest BCUT2D eigenvalue weighted by Crippen LogP contribution is -2.33. The average Bonchev–Trinajstić information content (AvgIpc) is 3.83. The number of Topliss-reactive ketones (excluding diaryl/α,β-unsaturated/α-hetero) is 1. The maximum Gasteiger partial charge on any atom is 0.224 e. The number of amides is 2. The summed E-state index contributed by atoms with van der Waals surface area (Å²) >= 11 is 0. The van der Waals surface area contributed by atoms with Crippen LogP contribution in [0.5, 0.6) is 11.5 Å². The third-order valence-corrected chi connectivity index (χ3v) is 14.1. The summed E-state index contributed by atoms with van der Waals surface area (Å²) in [6.07, 6.45) is 2.75. The summed E-state index contributed by atoms with van der Waals surface area (Å²) in [5, 5.41) is 42.4. The van der Waals surface area contributed by atoms with Crippen LogP contribution in [-0.2, 0) is 61.7 Å². The van der Waals surface area contributed by atoms with Crippen molar-refractivity contribution in [1.82, 2.24) is 4.58 Å². The van der Waals surface area contributed by atoms with Crippen molar-refractivity contribution < 1.29 is 29.7 Å². The van der Waals surface area contributed by atoms with E-state index in [9.17, 15) is 29.7 Å². The van der Waals surface area contributed by atoms with E-state index in [2.05, 4.69) is 117 Å². The van der Waals surface area contributed by atoms with E-state index in [1.807, 2.05) is 48.5 Å². The van der Waals surface area contributed by atoms with Gasteiger partial charge in [-0.2, -0.15) is 0 Å². The molecule has 4 aromatic carbocycles. The van der Waals surface area contributed by atoms with E-state index in [0.29, 0.717) is 46.5 Å². The summed E-state index contributed by atoms with van der Waals surface area (Å²) in [6, 6.07) is 15.8. The van der Waals surface area contributed by atoms with Gasteiger partial charge in [0, 0.05) is 60.5 Å². The molecule has 0 bridgehead atoms. The Balaban J connectivity index is 1.24. The molecule has 2 amide bonds. The second-order valence-electron chi connectivity index (χ2n) is 23.3. The summed E-state index contributed by atoms with van der Waals surface area (Å²) < 4.78 is 2.25. The number of hydrogen-bond acceptors (Lipinski definition) is 7. The number of nitrogens with zero attached hydrogens (tertiary/aromatic N) is 2. The molecule has 362 valence electrons. The molecular formula is C58H75N4O6+. The van der Waals surface area contributed by atoms with Crippen molar-refractivity contribution in [3.8, 4) is 11.5 Å². The number of phenols is 2. The number of aryl methyl sites for hydroxylation is 2. The van der Waals surface area contributed by atoms with E-state index in [1.165, 1.54) is 0 Å². The summed E-state index contributed by atoms with van der Waals surface area (Å²) in [5.41, 5.74) is 8.77. The number of hydrogen-bond donors (Lipinski definition) is 5. The minimum absolute atomic E-state index is 0.140. The van der Waals surface area contributed by atoms with Gasteiger partial charge in [-0.05, 0) is 112 Å². The lowest BCUT2D eigenvalue weighted by atomic mass is 9.78. The lowest BCUT2D eigenvalue weighted by molar-refractivity contribution is -0.117. The van der Waals surface area contributed by atoms with Crippen LogP contribution in [0.3, 0.4) is 0 Å². The summed E-state index contributed by atoms with van der Waals surface area (Å²) in [4.78, 5) is 44.9. The Kier molecular flexibility index (Phi) is 13.4. The number of allylic oxidation sites excluding steroid dienone is 2. The standard InChI is InChI=1S/C58H74N4O6/c1-15-61-23-21-35-29-37(43(31-45(35)61)59-47(63)19-17-33-25-39(55(3,4)5)51(65)40(26-33)56(6,7)8)49-53(67)50(54(49)68)38-30-36-22-24-62(16-2)46(36)32-44(38)60-48(64)20-18-34-27-41(57(9,10)11)52(66)42(28-34)58(12,13)14/h25-32H,15-24H2,1-14H3,(H4,59,60,63,64,65,66,67,68)/p+1. The summed E-state index contributed by atoms with van der Waals surface area (Å²) in [5.74, 6) is -0.394. The quantitative estimate of drug-likeness (QED) is 0.0944. The maximum atomic E-state index is 14.7. The van der Waals surface area contributed by atoms with E-state index in [1.54, 1.807) is 0 Å². The van der Waals surface area contributed by atoms with Crippen LogP contribution in [0.2, 0.25) is 0 Å². The zero-order valence-electron chi connectivity index (χ0n) is 43.2. The van der Waals surface area contributed by atoms with Crippen LogP contribution in [0.25, 0.3) is 11.1 Å². The predicted molar refractivity (Wildman–Crippen MR) is 277 cm³/mol. The van der Waals surface area contributed by atoms with E-state index in [0.717, 1.165) is 94.6 Å². The molecule has 0 fully saturated rings. The van der Waals surface area contributed by atoms with Gasteiger partial charge in [0.15, 0.2) is 0 Å². The highest BCUT2D eigenvalue weighted by Crippen LogP contribution is 2.45. The molecule has 0 radical (unpaired) electrons. The minimum Gasteiger partial charge on any atom is -0.507 e. The maximum absolute atomic E-state index is 14.7. The predicted octanol–water partition coefficient (Wildman–Crippen LogP) is 9.58. The van der Waals surface area contributed by atoms with Crippen molar-refractivity contribution in [3.05, 3.63) is 115 Å². The molecule has 4 aromatic rings. The van der Waals surface area contributed by atoms with Crippen LogP contribution in [0.15, 0.2) is 54.3 Å². The molecule has 3 aliphatic rings.